The Morgan fingerprint density at radius 1 is 0.776 bits per heavy atom. The van der Waals surface area contributed by atoms with Crippen molar-refractivity contribution in [1.29, 1.82) is 0 Å². The normalized spacial score (nSPS) is 18.2. The largest absolute Gasteiger partial charge is 0.491 e. The van der Waals surface area contributed by atoms with Gasteiger partial charge < -0.3 is 53.8 Å². The maximum Gasteiger partial charge on any atom is 0.257 e. The van der Waals surface area contributed by atoms with Crippen LogP contribution in [0.15, 0.2) is 55.1 Å². The molecule has 67 heavy (non-hydrogen) atoms. The maximum atomic E-state index is 14.3. The van der Waals surface area contributed by atoms with Crippen LogP contribution in [0.25, 0.3) is 66.6 Å². The standard InChI is InChI=1S/C48H54Cl2FN11O5/c1-64-39-21-37-43(57-47(39)66-3)30(35-20-29-41(50)33(51)23-54-46(29)56-35)24-61(37)12-5-11-60-15-9-27(63)18-36(60)42(52)26-7-13-59(14-8-26)16-17-62-25-31(34-19-28-32(49)6-10-53-45(28)55-34)44-38(62)22-40(65-2)48(58-44)67-4/h6,10,19-27,36,42,63H,5,7-9,11-18,52H2,1-4H3,(H,53,55)(H,54,56). The van der Waals surface area contributed by atoms with Crippen molar-refractivity contribution >= 4 is 67.3 Å². The number of aromatic amines is 2. The Labute approximate surface area is 396 Å². The predicted octanol–water partition coefficient (Wildman–Crippen LogP) is 7.91. The van der Waals surface area contributed by atoms with Crippen LogP contribution in [0.3, 0.4) is 0 Å². The van der Waals surface area contributed by atoms with Gasteiger partial charge in [0.05, 0.1) is 73.2 Å². The van der Waals surface area contributed by atoms with Gasteiger partial charge in [-0.25, -0.2) is 24.3 Å². The lowest BCUT2D eigenvalue weighted by atomic mass is 9.81. The zero-order valence-corrected chi connectivity index (χ0v) is 39.4. The van der Waals surface area contributed by atoms with Crippen molar-refractivity contribution in [2.45, 2.75) is 63.4 Å². The number of halogens is 3. The average Bonchev–Trinajstić information content (AvgIpc) is 4.15. The van der Waals surface area contributed by atoms with Crippen molar-refractivity contribution in [3.8, 4) is 45.8 Å². The first-order valence-corrected chi connectivity index (χ1v) is 23.4. The fourth-order valence-corrected chi connectivity index (χ4v) is 10.7. The molecule has 2 saturated heterocycles. The molecule has 352 valence electrons. The number of aryl methyl sites for hydroxylation is 1. The third-order valence-electron chi connectivity index (χ3n) is 13.9. The summed E-state index contributed by atoms with van der Waals surface area (Å²) in [7, 11) is 6.36. The molecule has 8 aromatic rings. The summed E-state index contributed by atoms with van der Waals surface area (Å²) in [6.45, 7) is 5.73. The van der Waals surface area contributed by atoms with E-state index in [1.54, 1.807) is 46.8 Å². The highest BCUT2D eigenvalue weighted by atomic mass is 35.5. The number of nitrogens with two attached hydrogens (primary N) is 1. The number of piperidine rings is 2. The molecule has 10 heterocycles. The second-order valence-corrected chi connectivity index (χ2v) is 18.4. The molecular formula is C48H54Cl2FN11O5. The minimum Gasteiger partial charge on any atom is -0.491 e. The lowest BCUT2D eigenvalue weighted by Gasteiger charge is -2.45. The number of nitrogens with zero attached hydrogens (tertiary/aromatic N) is 8. The number of methoxy groups -OCH3 is 4. The number of nitrogens with one attached hydrogen (secondary N) is 2. The molecule has 19 heteroatoms. The van der Waals surface area contributed by atoms with E-state index in [1.807, 2.05) is 24.4 Å². The second-order valence-electron chi connectivity index (χ2n) is 17.6. The number of rotatable bonds is 15. The number of likely N-dealkylation sites (tertiary alicyclic amines) is 2. The summed E-state index contributed by atoms with van der Waals surface area (Å²) < 4.78 is 41.3. The predicted molar refractivity (Wildman–Crippen MR) is 258 cm³/mol. The van der Waals surface area contributed by atoms with Gasteiger partial charge in [-0.1, -0.05) is 23.2 Å². The van der Waals surface area contributed by atoms with Crippen LogP contribution in [0, 0.1) is 11.7 Å². The molecule has 2 fully saturated rings. The van der Waals surface area contributed by atoms with Gasteiger partial charge in [-0.05, 0) is 69.3 Å². The van der Waals surface area contributed by atoms with Gasteiger partial charge in [0.2, 0.25) is 0 Å². The van der Waals surface area contributed by atoms with Gasteiger partial charge in [0, 0.05) is 97.4 Å². The monoisotopic (exact) mass is 953 g/mol. The smallest absolute Gasteiger partial charge is 0.257 e. The van der Waals surface area contributed by atoms with E-state index in [-0.39, 0.29) is 23.2 Å². The molecule has 0 aliphatic carbocycles. The zero-order valence-electron chi connectivity index (χ0n) is 37.9. The lowest BCUT2D eigenvalue weighted by Crippen LogP contribution is -2.57. The van der Waals surface area contributed by atoms with Crippen molar-refractivity contribution in [2.75, 3.05) is 61.2 Å². The average molecular weight is 955 g/mol. The van der Waals surface area contributed by atoms with Gasteiger partial charge in [-0.15, -0.1) is 0 Å². The summed E-state index contributed by atoms with van der Waals surface area (Å²) in [4.78, 5) is 30.2. The number of fused-ring (bicyclic) bond motifs is 4. The Morgan fingerprint density at radius 2 is 1.39 bits per heavy atom. The molecule has 2 aliphatic heterocycles. The Morgan fingerprint density at radius 3 is 2.00 bits per heavy atom. The van der Waals surface area contributed by atoms with E-state index >= 15 is 0 Å². The number of aliphatic hydroxyl groups excluding tert-OH is 1. The van der Waals surface area contributed by atoms with Crippen molar-refractivity contribution in [2.24, 2.45) is 11.7 Å². The Bertz CT molecular complexity index is 3090. The van der Waals surface area contributed by atoms with Gasteiger partial charge >= 0.3 is 0 Å². The number of ether oxygens (including phenoxy) is 4. The molecule has 0 radical (unpaired) electrons. The van der Waals surface area contributed by atoms with E-state index in [9.17, 15) is 9.50 Å². The summed E-state index contributed by atoms with van der Waals surface area (Å²) in [6, 6.07) is 9.51. The van der Waals surface area contributed by atoms with Crippen molar-refractivity contribution in [1.82, 2.24) is 48.8 Å². The van der Waals surface area contributed by atoms with Gasteiger partial charge in [0.15, 0.2) is 17.3 Å². The number of aliphatic hydroxyl groups is 1. The van der Waals surface area contributed by atoms with E-state index in [2.05, 4.69) is 45.1 Å². The van der Waals surface area contributed by atoms with E-state index in [1.165, 1.54) is 0 Å². The van der Waals surface area contributed by atoms with Crippen LogP contribution < -0.4 is 24.7 Å². The molecule has 3 unspecified atom stereocenters. The first-order valence-electron chi connectivity index (χ1n) is 22.7. The Hall–Kier alpha value is -5.69. The Kier molecular flexibility index (Phi) is 12.6. The van der Waals surface area contributed by atoms with Gasteiger partial charge in [-0.2, -0.15) is 0 Å². The number of hydrogen-bond donors (Lipinski definition) is 4. The second kappa shape index (κ2) is 18.8. The SMILES string of the molecule is COc1cc2c(nc1OC)c(-c1cc3c(Cl)ccnc3[nH]1)cn2CCN1CCC(C(N)C2CC(O)CCN2CCCn2cc(-c3cc4c(Cl)c(F)cnc4[nH]3)c3nc(OC)c(OC)cc32)CC1. The third kappa shape index (κ3) is 8.50. The molecule has 16 nitrogen and oxygen atoms in total. The molecule has 2 aliphatic rings. The topological polar surface area (TPSA) is 183 Å². The molecule has 0 saturated carbocycles. The number of hydrogen-bond acceptors (Lipinski definition) is 12. The van der Waals surface area contributed by atoms with E-state index in [4.69, 9.17) is 57.9 Å². The molecular weight excluding hydrogens is 901 g/mol. The fourth-order valence-electron chi connectivity index (χ4n) is 10.3. The summed E-state index contributed by atoms with van der Waals surface area (Å²) in [5, 5.41) is 12.9. The van der Waals surface area contributed by atoms with Gasteiger partial charge in [0.25, 0.3) is 11.8 Å². The molecule has 0 spiro atoms. The van der Waals surface area contributed by atoms with Crippen LogP contribution in [0.1, 0.15) is 32.1 Å². The van der Waals surface area contributed by atoms with Crippen LogP contribution in [0.4, 0.5) is 4.39 Å². The minimum absolute atomic E-state index is 0.0125. The molecule has 5 N–H and O–H groups in total. The van der Waals surface area contributed by atoms with Crippen LogP contribution in [-0.4, -0.2) is 133 Å². The fraction of sp³-hybridized carbons (Fsp3) is 0.417. The van der Waals surface area contributed by atoms with Crippen LogP contribution >= 0.6 is 23.2 Å². The summed E-state index contributed by atoms with van der Waals surface area (Å²) in [5.74, 6) is 1.60. The first kappa shape index (κ1) is 45.1. The number of aromatic nitrogens is 8. The van der Waals surface area contributed by atoms with E-state index in [0.717, 1.165) is 103 Å². The Balaban J connectivity index is 0.813. The summed E-state index contributed by atoms with van der Waals surface area (Å²) in [6.07, 6.45) is 10.8. The maximum absolute atomic E-state index is 14.3. The molecule has 3 atom stereocenters. The lowest BCUT2D eigenvalue weighted by molar-refractivity contribution is 0.0146. The van der Waals surface area contributed by atoms with Gasteiger partial charge in [0.1, 0.15) is 22.3 Å². The minimum atomic E-state index is -0.581. The molecule has 10 rings (SSSR count). The van der Waals surface area contributed by atoms with E-state index < -0.39 is 5.82 Å². The number of pyridine rings is 4. The summed E-state index contributed by atoms with van der Waals surface area (Å²) >= 11 is 12.9. The van der Waals surface area contributed by atoms with Crippen LogP contribution in [0.2, 0.25) is 10.0 Å². The third-order valence-corrected chi connectivity index (χ3v) is 14.6. The number of H-pyrrole nitrogens is 2. The summed E-state index contributed by atoms with van der Waals surface area (Å²) in [5.41, 5.74) is 15.0. The zero-order chi connectivity index (χ0) is 46.5. The molecule has 0 bridgehead atoms. The molecule has 8 aromatic heterocycles. The van der Waals surface area contributed by atoms with Crippen molar-refractivity contribution < 1.29 is 28.4 Å². The van der Waals surface area contributed by atoms with Crippen LogP contribution in [0.5, 0.6) is 23.3 Å². The van der Waals surface area contributed by atoms with Crippen molar-refractivity contribution in [3.05, 3.63) is 71.0 Å². The highest BCUT2D eigenvalue weighted by Crippen LogP contribution is 2.40. The highest BCUT2D eigenvalue weighted by molar-refractivity contribution is 6.36. The van der Waals surface area contributed by atoms with Gasteiger partial charge in [-0.3, -0.25) is 4.90 Å². The van der Waals surface area contributed by atoms with Crippen LogP contribution in [-0.2, 0) is 13.1 Å². The molecule has 0 aromatic carbocycles. The molecule has 0 amide bonds. The van der Waals surface area contributed by atoms with Crippen molar-refractivity contribution in [3.63, 3.8) is 0 Å². The first-order chi connectivity index (χ1) is 32.5. The quantitative estimate of drug-likeness (QED) is 0.0781. The van der Waals surface area contributed by atoms with E-state index in [0.29, 0.717) is 81.5 Å². The highest BCUT2D eigenvalue weighted by Gasteiger charge is 2.37.